The second-order valence-corrected chi connectivity index (χ2v) is 17.9. The van der Waals surface area contributed by atoms with E-state index in [2.05, 4.69) is 249 Å². The maximum Gasteiger partial charge on any atom is 0.0713 e. The van der Waals surface area contributed by atoms with E-state index in [4.69, 9.17) is 0 Å². The van der Waals surface area contributed by atoms with Gasteiger partial charge in [-0.2, -0.15) is 0 Å². The summed E-state index contributed by atoms with van der Waals surface area (Å²) in [4.78, 5) is 2.46. The van der Waals surface area contributed by atoms with Crippen LogP contribution in [-0.2, 0) is 11.8 Å². The molecule has 0 aliphatic heterocycles. The van der Waals surface area contributed by atoms with Crippen LogP contribution in [0.4, 0.5) is 17.1 Å². The highest BCUT2D eigenvalue weighted by atomic mass is 15.1. The molecule has 1 nitrogen and oxygen atoms in total. The molecule has 0 heterocycles. The van der Waals surface area contributed by atoms with Gasteiger partial charge in [0.1, 0.15) is 0 Å². The van der Waals surface area contributed by atoms with Gasteiger partial charge >= 0.3 is 0 Å². The van der Waals surface area contributed by atoms with Crippen molar-refractivity contribution in [1.29, 1.82) is 0 Å². The van der Waals surface area contributed by atoms with Gasteiger partial charge in [0.15, 0.2) is 0 Å². The smallest absolute Gasteiger partial charge is 0.0713 e. The number of hydrogen-bond acceptors (Lipinski definition) is 1. The van der Waals surface area contributed by atoms with Crippen LogP contribution in [0.3, 0.4) is 0 Å². The van der Waals surface area contributed by atoms with Crippen LogP contribution in [0.2, 0.25) is 0 Å². The van der Waals surface area contributed by atoms with Crippen molar-refractivity contribution in [1.82, 2.24) is 0 Å². The molecule has 2 aliphatic carbocycles. The third-order valence-corrected chi connectivity index (χ3v) is 14.4. The minimum absolute atomic E-state index is 0.370. The van der Waals surface area contributed by atoms with Crippen LogP contribution in [0.5, 0.6) is 0 Å². The number of para-hydroxylation sites is 1. The Balaban J connectivity index is 1.07. The lowest BCUT2D eigenvalue weighted by molar-refractivity contribution is 0.662. The van der Waals surface area contributed by atoms with Gasteiger partial charge in [0.25, 0.3) is 0 Å². The van der Waals surface area contributed by atoms with Crippen molar-refractivity contribution in [2.45, 2.75) is 38.0 Å². The summed E-state index contributed by atoms with van der Waals surface area (Å²) in [5.74, 6) is 0.370. The summed E-state index contributed by atoms with van der Waals surface area (Å²) in [5, 5.41) is 2.64. The first-order valence-electron chi connectivity index (χ1n) is 23.2. The number of hydrogen-bond donors (Lipinski definition) is 0. The van der Waals surface area contributed by atoms with Crippen molar-refractivity contribution in [2.75, 3.05) is 4.90 Å². The molecule has 12 rings (SSSR count). The van der Waals surface area contributed by atoms with Crippen molar-refractivity contribution < 1.29 is 0 Å². The second kappa shape index (κ2) is 15.8. The molecule has 0 radical (unpaired) electrons. The van der Waals surface area contributed by atoms with Crippen molar-refractivity contribution in [3.63, 3.8) is 0 Å². The lowest BCUT2D eigenvalue weighted by atomic mass is 9.68. The van der Waals surface area contributed by atoms with Gasteiger partial charge in [-0.1, -0.05) is 201 Å². The molecule has 65 heavy (non-hydrogen) atoms. The molecule has 2 aliphatic rings. The molecule has 0 bridgehead atoms. The van der Waals surface area contributed by atoms with Gasteiger partial charge in [-0.25, -0.2) is 0 Å². The first-order chi connectivity index (χ1) is 32.1. The molecule has 0 N–H and O–H groups in total. The Morgan fingerprint density at radius 2 is 1.00 bits per heavy atom. The Morgan fingerprint density at radius 1 is 0.415 bits per heavy atom. The minimum Gasteiger partial charge on any atom is -0.310 e. The topological polar surface area (TPSA) is 3.24 Å². The summed E-state index contributed by atoms with van der Waals surface area (Å²) in [6.45, 7) is 4.66. The number of aryl methyl sites for hydroxylation is 1. The normalized spacial score (nSPS) is 13.3. The summed E-state index contributed by atoms with van der Waals surface area (Å²) in [5.41, 5.74) is 22.6. The summed E-state index contributed by atoms with van der Waals surface area (Å²) in [7, 11) is 0. The molecule has 0 saturated heterocycles. The lowest BCUT2D eigenvalue weighted by Crippen LogP contribution is -2.28. The number of fused-ring (bicyclic) bond motifs is 8. The quantitative estimate of drug-likeness (QED) is 0.140. The van der Waals surface area contributed by atoms with Gasteiger partial charge in [0, 0.05) is 17.1 Å². The second-order valence-electron chi connectivity index (χ2n) is 17.9. The Morgan fingerprint density at radius 3 is 1.72 bits per heavy atom. The molecule has 0 fully saturated rings. The van der Waals surface area contributed by atoms with E-state index in [0.29, 0.717) is 5.92 Å². The predicted molar refractivity (Wildman–Crippen MR) is 274 cm³/mol. The number of benzene rings is 10. The SMILES string of the molecule is CCC(Cc1ccccc1)c1ccc2cccc3c2c1-c1c(C)cccc1-c1cc(N(c2ccccc2)c2ccc4c(c2)-c2ccccc2C4(c2ccccc2)c2ccccc2)ccc1-3. The van der Waals surface area contributed by atoms with E-state index < -0.39 is 5.41 Å². The van der Waals surface area contributed by atoms with E-state index in [1.54, 1.807) is 0 Å². The highest BCUT2D eigenvalue weighted by Crippen LogP contribution is 2.58. The fourth-order valence-electron chi connectivity index (χ4n) is 11.6. The van der Waals surface area contributed by atoms with Gasteiger partial charge < -0.3 is 4.90 Å². The lowest BCUT2D eigenvalue weighted by Gasteiger charge is -2.34. The Kier molecular flexibility index (Phi) is 9.46. The van der Waals surface area contributed by atoms with Crippen molar-refractivity contribution in [2.24, 2.45) is 0 Å². The molecular formula is C64H49N. The van der Waals surface area contributed by atoms with Crippen LogP contribution >= 0.6 is 0 Å². The molecule has 10 aromatic carbocycles. The predicted octanol–water partition coefficient (Wildman–Crippen LogP) is 17.0. The molecule has 0 saturated carbocycles. The summed E-state index contributed by atoms with van der Waals surface area (Å²) in [6.07, 6.45) is 2.06. The van der Waals surface area contributed by atoms with Crippen molar-refractivity contribution in [3.05, 3.63) is 269 Å². The molecule has 1 unspecified atom stereocenters. The fraction of sp³-hybridized carbons (Fsp3) is 0.0938. The zero-order chi connectivity index (χ0) is 43.5. The van der Waals surface area contributed by atoms with Crippen LogP contribution in [-0.4, -0.2) is 0 Å². The van der Waals surface area contributed by atoms with Crippen LogP contribution in [0, 0.1) is 6.92 Å². The first kappa shape index (κ1) is 38.9. The van der Waals surface area contributed by atoms with E-state index in [1.165, 1.54) is 94.2 Å². The van der Waals surface area contributed by atoms with Crippen molar-refractivity contribution in [3.8, 4) is 44.5 Å². The number of rotatable bonds is 9. The minimum atomic E-state index is -0.455. The Bertz CT molecular complexity index is 3350. The molecule has 310 valence electrons. The summed E-state index contributed by atoms with van der Waals surface area (Å²) >= 11 is 0. The summed E-state index contributed by atoms with van der Waals surface area (Å²) < 4.78 is 0. The average Bonchev–Trinajstić information content (AvgIpc) is 3.59. The van der Waals surface area contributed by atoms with Crippen LogP contribution in [0.25, 0.3) is 55.3 Å². The fourth-order valence-corrected chi connectivity index (χ4v) is 11.6. The average molecular weight is 832 g/mol. The zero-order valence-electron chi connectivity index (χ0n) is 36.9. The maximum absolute atomic E-state index is 2.46. The highest BCUT2D eigenvalue weighted by Gasteiger charge is 2.46. The van der Waals surface area contributed by atoms with Gasteiger partial charge in [0.05, 0.1) is 5.41 Å². The Labute approximate surface area is 383 Å². The van der Waals surface area contributed by atoms with E-state index in [1.807, 2.05) is 0 Å². The molecule has 10 aromatic rings. The third-order valence-electron chi connectivity index (χ3n) is 14.4. The molecule has 1 heteroatoms. The van der Waals surface area contributed by atoms with E-state index in [9.17, 15) is 0 Å². The maximum atomic E-state index is 2.46. The van der Waals surface area contributed by atoms with Crippen LogP contribution in [0.15, 0.2) is 231 Å². The largest absolute Gasteiger partial charge is 0.310 e. The molecule has 0 spiro atoms. The monoisotopic (exact) mass is 831 g/mol. The standard InChI is InChI=1S/C64H49N/c1-3-45(40-44-21-8-4-9-22-44)52-37-34-46-23-19-32-55-53-38-35-50(41-57(53)56-31-18-20-43(2)61(56)63(52)62(46)55)65(49-28-14-7-15-29-49)51-36-39-60-58(42-51)54-30-16-17-33-59(54)64(60,47-24-10-5-11-25-47)48-26-12-6-13-27-48/h4-39,41-42,45H,3,40H2,1-2H3. The van der Waals surface area contributed by atoms with Gasteiger partial charge in [-0.05, 0) is 156 Å². The molecule has 0 aromatic heterocycles. The number of anilines is 3. The van der Waals surface area contributed by atoms with Crippen LogP contribution in [0.1, 0.15) is 58.2 Å². The van der Waals surface area contributed by atoms with Gasteiger partial charge in [-0.15, -0.1) is 0 Å². The number of nitrogens with zero attached hydrogens (tertiary/aromatic N) is 1. The van der Waals surface area contributed by atoms with Gasteiger partial charge in [-0.3, -0.25) is 0 Å². The van der Waals surface area contributed by atoms with Crippen LogP contribution < -0.4 is 4.90 Å². The molecule has 1 atom stereocenters. The third kappa shape index (κ3) is 6.14. The summed E-state index contributed by atoms with van der Waals surface area (Å²) in [6, 6.07) is 86.1. The Hall–Kier alpha value is -7.74. The van der Waals surface area contributed by atoms with E-state index in [-0.39, 0.29) is 0 Å². The van der Waals surface area contributed by atoms with Gasteiger partial charge in [0.2, 0.25) is 0 Å². The molecular weight excluding hydrogens is 783 g/mol. The van der Waals surface area contributed by atoms with E-state index in [0.717, 1.165) is 29.9 Å². The van der Waals surface area contributed by atoms with E-state index >= 15 is 0 Å². The van der Waals surface area contributed by atoms with Crippen molar-refractivity contribution >= 4 is 27.8 Å². The first-order valence-corrected chi connectivity index (χ1v) is 23.2. The zero-order valence-corrected chi connectivity index (χ0v) is 36.9. The molecule has 0 amide bonds. The highest BCUT2D eigenvalue weighted by molar-refractivity contribution is 6.15.